The first-order valence-corrected chi connectivity index (χ1v) is 10.7. The number of benzene rings is 1. The summed E-state index contributed by atoms with van der Waals surface area (Å²) in [7, 11) is -1.35. The molecule has 1 aromatic carbocycles. The molecule has 1 aromatic rings. The Bertz CT molecular complexity index is 846. The molecule has 2 aliphatic heterocycles. The lowest BCUT2D eigenvalue weighted by molar-refractivity contribution is -0.0138. The van der Waals surface area contributed by atoms with Crippen molar-refractivity contribution in [3.8, 4) is 5.75 Å². The number of rotatable bonds is 5. The van der Waals surface area contributed by atoms with Gasteiger partial charge < -0.3 is 18.9 Å². The van der Waals surface area contributed by atoms with Gasteiger partial charge in [-0.3, -0.25) is 0 Å². The third kappa shape index (κ3) is 3.57. The Hall–Kier alpha value is -1.67. The average molecular weight is 391 g/mol. The molecule has 27 heavy (non-hydrogen) atoms. The second-order valence-corrected chi connectivity index (χ2v) is 9.29. The molecule has 3 unspecified atom stereocenters. The van der Waals surface area contributed by atoms with Gasteiger partial charge in [-0.2, -0.15) is 0 Å². The standard InChI is InChI=1S/C20H25NO5S/c1-13-3-7-15(8-4-13)27(21,22)16-9-5-14(6-10-16)26-18-12-25-19-17(23-2)11-24-20(18)19/h3,5-10,13,17-21H,4,11-12H2,1-2H3/t13?,17-,18-,19-,20?,27?/m1/s1. The van der Waals surface area contributed by atoms with E-state index in [0.717, 1.165) is 6.42 Å². The number of ether oxygens (including phenoxy) is 4. The SMILES string of the molecule is CO[C@@H]1COC2[C@H](Oc3ccc(S(=N)(=O)C4=CCC(C)C=C4)cc3)CO[C@@H]21. The maximum absolute atomic E-state index is 13.0. The maximum Gasteiger partial charge on any atom is 0.151 e. The molecule has 7 heteroatoms. The second kappa shape index (κ2) is 7.39. The van der Waals surface area contributed by atoms with Crippen molar-refractivity contribution in [1.82, 2.24) is 0 Å². The number of hydrogen-bond donors (Lipinski definition) is 1. The fourth-order valence-electron chi connectivity index (χ4n) is 3.67. The third-order valence-electron chi connectivity index (χ3n) is 5.32. The monoisotopic (exact) mass is 391 g/mol. The van der Waals surface area contributed by atoms with Crippen LogP contribution in [0.3, 0.4) is 0 Å². The molecule has 4 rings (SSSR count). The van der Waals surface area contributed by atoms with Gasteiger partial charge in [-0.1, -0.05) is 19.1 Å². The van der Waals surface area contributed by atoms with E-state index in [4.69, 9.17) is 23.7 Å². The Morgan fingerprint density at radius 1 is 1.11 bits per heavy atom. The molecule has 1 aliphatic carbocycles. The zero-order valence-electron chi connectivity index (χ0n) is 15.5. The molecule has 6 nitrogen and oxygen atoms in total. The average Bonchev–Trinajstić information content (AvgIpc) is 3.25. The minimum Gasteiger partial charge on any atom is -0.485 e. The van der Waals surface area contributed by atoms with E-state index in [1.54, 1.807) is 31.4 Å². The minimum absolute atomic E-state index is 0.0569. The Morgan fingerprint density at radius 3 is 2.41 bits per heavy atom. The second-order valence-electron chi connectivity index (χ2n) is 7.23. The van der Waals surface area contributed by atoms with E-state index in [1.165, 1.54) is 0 Å². The van der Waals surface area contributed by atoms with E-state index in [-0.39, 0.29) is 24.4 Å². The van der Waals surface area contributed by atoms with Crippen LogP contribution in [0.25, 0.3) is 0 Å². The fourth-order valence-corrected chi connectivity index (χ4v) is 5.07. The number of fused-ring (bicyclic) bond motifs is 1. The zero-order valence-corrected chi connectivity index (χ0v) is 16.3. The van der Waals surface area contributed by atoms with Gasteiger partial charge in [0.1, 0.15) is 33.8 Å². The van der Waals surface area contributed by atoms with Gasteiger partial charge in [0.15, 0.2) is 6.10 Å². The molecule has 1 N–H and O–H groups in total. The highest BCUT2D eigenvalue weighted by atomic mass is 32.2. The van der Waals surface area contributed by atoms with Gasteiger partial charge in [0, 0.05) is 12.0 Å². The third-order valence-corrected chi connectivity index (χ3v) is 7.22. The highest BCUT2D eigenvalue weighted by molar-refractivity contribution is 7.96. The molecule has 0 bridgehead atoms. The molecular formula is C20H25NO5S. The molecule has 0 spiro atoms. The quantitative estimate of drug-likeness (QED) is 0.834. The highest BCUT2D eigenvalue weighted by Crippen LogP contribution is 2.32. The van der Waals surface area contributed by atoms with Crippen LogP contribution in [-0.2, 0) is 23.9 Å². The Labute approximate surface area is 160 Å². The van der Waals surface area contributed by atoms with E-state index in [0.29, 0.717) is 34.7 Å². The number of methoxy groups -OCH3 is 1. The maximum atomic E-state index is 13.0. The normalized spacial score (nSPS) is 34.7. The van der Waals surface area contributed by atoms with Gasteiger partial charge >= 0.3 is 0 Å². The van der Waals surface area contributed by atoms with E-state index in [1.807, 2.05) is 18.2 Å². The van der Waals surface area contributed by atoms with E-state index in [2.05, 4.69) is 6.92 Å². The van der Waals surface area contributed by atoms with Gasteiger partial charge in [0.2, 0.25) is 0 Å². The fraction of sp³-hybridized carbons (Fsp3) is 0.500. The molecule has 0 radical (unpaired) electrons. The molecule has 2 saturated heterocycles. The van der Waals surface area contributed by atoms with Crippen LogP contribution in [0.2, 0.25) is 0 Å². The van der Waals surface area contributed by atoms with Crippen LogP contribution < -0.4 is 4.74 Å². The van der Waals surface area contributed by atoms with Crippen molar-refractivity contribution in [2.24, 2.45) is 5.92 Å². The van der Waals surface area contributed by atoms with Crippen molar-refractivity contribution in [3.63, 3.8) is 0 Å². The Balaban J connectivity index is 1.45. The highest BCUT2D eigenvalue weighted by Gasteiger charge is 2.49. The van der Waals surface area contributed by atoms with Crippen LogP contribution in [0.4, 0.5) is 0 Å². The first-order chi connectivity index (χ1) is 13.0. The van der Waals surface area contributed by atoms with Gasteiger partial charge in [-0.25, -0.2) is 8.99 Å². The van der Waals surface area contributed by atoms with Crippen LogP contribution in [0.1, 0.15) is 13.3 Å². The molecule has 3 aliphatic rings. The minimum atomic E-state index is -3.00. The van der Waals surface area contributed by atoms with E-state index in [9.17, 15) is 4.21 Å². The lowest BCUT2D eigenvalue weighted by Gasteiger charge is -2.19. The first-order valence-electron chi connectivity index (χ1n) is 9.19. The van der Waals surface area contributed by atoms with Crippen molar-refractivity contribution in [2.75, 3.05) is 20.3 Å². The van der Waals surface area contributed by atoms with Crippen molar-refractivity contribution in [1.29, 1.82) is 4.78 Å². The first kappa shape index (κ1) is 18.7. The predicted octanol–water partition coefficient (Wildman–Crippen LogP) is 3.13. The van der Waals surface area contributed by atoms with Crippen LogP contribution >= 0.6 is 0 Å². The summed E-state index contributed by atoms with van der Waals surface area (Å²) in [5.41, 5.74) is 0. The van der Waals surface area contributed by atoms with Crippen molar-refractivity contribution < 1.29 is 23.2 Å². The lowest BCUT2D eigenvalue weighted by Crippen LogP contribution is -2.35. The molecule has 2 fully saturated rings. The van der Waals surface area contributed by atoms with Crippen LogP contribution in [0.5, 0.6) is 5.75 Å². The van der Waals surface area contributed by atoms with E-state index < -0.39 is 9.73 Å². The smallest absolute Gasteiger partial charge is 0.151 e. The summed E-state index contributed by atoms with van der Waals surface area (Å²) in [5.74, 6) is 1.07. The topological polar surface area (TPSA) is 77.8 Å². The van der Waals surface area contributed by atoms with Gasteiger partial charge in [-0.05, 0) is 42.7 Å². The van der Waals surface area contributed by atoms with Crippen LogP contribution in [-0.4, -0.2) is 48.9 Å². The molecular weight excluding hydrogens is 366 g/mol. The summed E-state index contributed by atoms with van der Waals surface area (Å²) in [4.78, 5) is 1.06. The summed E-state index contributed by atoms with van der Waals surface area (Å²) in [6.07, 6.45) is 6.04. The molecule has 0 saturated carbocycles. The zero-order chi connectivity index (χ0) is 19.0. The van der Waals surface area contributed by atoms with Crippen molar-refractivity contribution in [3.05, 3.63) is 47.4 Å². The Kier molecular flexibility index (Phi) is 5.11. The van der Waals surface area contributed by atoms with Gasteiger partial charge in [0.25, 0.3) is 0 Å². The lowest BCUT2D eigenvalue weighted by atomic mass is 10.0. The van der Waals surface area contributed by atoms with Crippen LogP contribution in [0.15, 0.2) is 52.3 Å². The van der Waals surface area contributed by atoms with Crippen LogP contribution in [0, 0.1) is 10.7 Å². The van der Waals surface area contributed by atoms with Crippen molar-refractivity contribution >= 4 is 9.73 Å². The molecule has 0 aromatic heterocycles. The predicted molar refractivity (Wildman–Crippen MR) is 101 cm³/mol. The molecule has 0 amide bonds. The Morgan fingerprint density at radius 2 is 1.78 bits per heavy atom. The summed E-state index contributed by atoms with van der Waals surface area (Å²) in [6.45, 7) is 3.05. The van der Waals surface area contributed by atoms with Gasteiger partial charge in [0.05, 0.1) is 18.1 Å². The number of hydrogen-bond acceptors (Lipinski definition) is 6. The molecule has 2 heterocycles. The number of nitrogens with one attached hydrogen (secondary N) is 1. The van der Waals surface area contributed by atoms with Crippen molar-refractivity contribution in [2.45, 2.75) is 42.7 Å². The summed E-state index contributed by atoms with van der Waals surface area (Å²) in [5, 5.41) is 0. The summed E-state index contributed by atoms with van der Waals surface area (Å²) < 4.78 is 44.3. The summed E-state index contributed by atoms with van der Waals surface area (Å²) >= 11 is 0. The van der Waals surface area contributed by atoms with E-state index >= 15 is 0 Å². The summed E-state index contributed by atoms with van der Waals surface area (Å²) in [6, 6.07) is 6.93. The van der Waals surface area contributed by atoms with Gasteiger partial charge in [-0.15, -0.1) is 0 Å². The number of allylic oxidation sites excluding steroid dienone is 3. The largest absolute Gasteiger partial charge is 0.485 e. The molecule has 6 atom stereocenters. The molecule has 146 valence electrons.